The zero-order valence-electron chi connectivity index (χ0n) is 15.6. The molecule has 0 aromatic rings. The van der Waals surface area contributed by atoms with E-state index in [9.17, 15) is 0 Å². The Balaban J connectivity index is 2.06. The van der Waals surface area contributed by atoms with Crippen LogP contribution < -0.4 is 0 Å². The molecule has 22 heavy (non-hydrogen) atoms. The second-order valence-electron chi connectivity index (χ2n) is 7.74. The molecule has 1 unspecified atom stereocenters. The number of ether oxygens (including phenoxy) is 2. The molecule has 0 radical (unpaired) electrons. The van der Waals surface area contributed by atoms with Gasteiger partial charge in [0, 0.05) is 6.42 Å². The third kappa shape index (κ3) is 8.95. The van der Waals surface area contributed by atoms with Gasteiger partial charge in [-0.05, 0) is 44.9 Å². The molecular weight excluding hydrogens is 272 g/mol. The SMILES string of the molecule is C/C(=C/CCC1(C)OCCO1)CCCC(C)CCCC(C)C. The van der Waals surface area contributed by atoms with Gasteiger partial charge in [-0.2, -0.15) is 0 Å². The average Bonchev–Trinajstić information content (AvgIpc) is 2.85. The standard InChI is InChI=1S/C20H38O2/c1-17(2)9-6-10-18(3)11-7-12-19(4)13-8-14-20(5)21-15-16-22-20/h13,17-18H,6-12,14-16H2,1-5H3/b19-13-. The summed E-state index contributed by atoms with van der Waals surface area (Å²) in [4.78, 5) is 0. The van der Waals surface area contributed by atoms with E-state index in [1.807, 2.05) is 0 Å². The summed E-state index contributed by atoms with van der Waals surface area (Å²) in [5.41, 5.74) is 1.52. The van der Waals surface area contributed by atoms with Crippen LogP contribution >= 0.6 is 0 Å². The number of hydrogen-bond acceptors (Lipinski definition) is 2. The monoisotopic (exact) mass is 310 g/mol. The first-order chi connectivity index (χ1) is 10.4. The van der Waals surface area contributed by atoms with Crippen LogP contribution in [-0.2, 0) is 9.47 Å². The fraction of sp³-hybridized carbons (Fsp3) is 0.900. The predicted molar refractivity (Wildman–Crippen MR) is 95.0 cm³/mol. The van der Waals surface area contributed by atoms with Crippen LogP contribution in [0.2, 0.25) is 0 Å². The van der Waals surface area contributed by atoms with Gasteiger partial charge in [0.15, 0.2) is 5.79 Å². The molecule has 1 heterocycles. The highest BCUT2D eigenvalue weighted by Gasteiger charge is 2.29. The Morgan fingerprint density at radius 2 is 1.68 bits per heavy atom. The largest absolute Gasteiger partial charge is 0.348 e. The maximum Gasteiger partial charge on any atom is 0.166 e. The Hall–Kier alpha value is -0.340. The zero-order chi connectivity index (χ0) is 16.4. The maximum absolute atomic E-state index is 5.64. The first kappa shape index (κ1) is 19.7. The Bertz CT molecular complexity index is 314. The van der Waals surface area contributed by atoms with Crippen LogP contribution in [0.5, 0.6) is 0 Å². The quantitative estimate of drug-likeness (QED) is 0.429. The van der Waals surface area contributed by atoms with Gasteiger partial charge in [-0.1, -0.05) is 58.1 Å². The zero-order valence-corrected chi connectivity index (χ0v) is 15.6. The van der Waals surface area contributed by atoms with Gasteiger partial charge in [0.05, 0.1) is 13.2 Å². The molecule has 1 rings (SSSR count). The van der Waals surface area contributed by atoms with Crippen molar-refractivity contribution in [2.45, 2.75) is 91.8 Å². The van der Waals surface area contributed by atoms with Crippen molar-refractivity contribution in [3.05, 3.63) is 11.6 Å². The van der Waals surface area contributed by atoms with Crippen LogP contribution in [0.1, 0.15) is 86.0 Å². The number of allylic oxidation sites excluding steroid dienone is 2. The van der Waals surface area contributed by atoms with E-state index in [1.54, 1.807) is 0 Å². The minimum atomic E-state index is -0.332. The molecule has 1 saturated heterocycles. The van der Waals surface area contributed by atoms with Crippen LogP contribution in [0.4, 0.5) is 0 Å². The maximum atomic E-state index is 5.64. The molecule has 1 aliphatic rings. The Morgan fingerprint density at radius 3 is 2.32 bits per heavy atom. The molecule has 0 aromatic carbocycles. The van der Waals surface area contributed by atoms with E-state index >= 15 is 0 Å². The summed E-state index contributed by atoms with van der Waals surface area (Å²) in [6.07, 6.45) is 12.5. The van der Waals surface area contributed by atoms with Gasteiger partial charge in [-0.15, -0.1) is 0 Å². The Kier molecular flexibility index (Phi) is 9.35. The van der Waals surface area contributed by atoms with Gasteiger partial charge in [0.2, 0.25) is 0 Å². The van der Waals surface area contributed by atoms with Crippen molar-refractivity contribution >= 4 is 0 Å². The van der Waals surface area contributed by atoms with Crippen molar-refractivity contribution in [2.75, 3.05) is 13.2 Å². The van der Waals surface area contributed by atoms with Gasteiger partial charge in [-0.25, -0.2) is 0 Å². The van der Waals surface area contributed by atoms with Crippen molar-refractivity contribution in [3.63, 3.8) is 0 Å². The molecule has 2 nitrogen and oxygen atoms in total. The van der Waals surface area contributed by atoms with Gasteiger partial charge in [-0.3, -0.25) is 0 Å². The Labute approximate surface area is 138 Å². The van der Waals surface area contributed by atoms with Gasteiger partial charge in [0.1, 0.15) is 0 Å². The van der Waals surface area contributed by atoms with Gasteiger partial charge >= 0.3 is 0 Å². The van der Waals surface area contributed by atoms with Crippen molar-refractivity contribution < 1.29 is 9.47 Å². The Morgan fingerprint density at radius 1 is 1.05 bits per heavy atom. The van der Waals surface area contributed by atoms with E-state index < -0.39 is 0 Å². The van der Waals surface area contributed by atoms with Crippen LogP contribution in [0, 0.1) is 11.8 Å². The third-order valence-corrected chi connectivity index (χ3v) is 4.74. The van der Waals surface area contributed by atoms with E-state index in [-0.39, 0.29) is 5.79 Å². The van der Waals surface area contributed by atoms with Crippen LogP contribution in [0.15, 0.2) is 11.6 Å². The third-order valence-electron chi connectivity index (χ3n) is 4.74. The lowest BCUT2D eigenvalue weighted by molar-refractivity contribution is -0.145. The minimum absolute atomic E-state index is 0.332. The molecule has 2 heteroatoms. The summed E-state index contributed by atoms with van der Waals surface area (Å²) >= 11 is 0. The topological polar surface area (TPSA) is 18.5 Å². The second-order valence-corrected chi connectivity index (χ2v) is 7.74. The van der Waals surface area contributed by atoms with Crippen molar-refractivity contribution in [3.8, 4) is 0 Å². The smallest absolute Gasteiger partial charge is 0.166 e. The van der Waals surface area contributed by atoms with Gasteiger partial charge < -0.3 is 9.47 Å². The van der Waals surface area contributed by atoms with Crippen LogP contribution in [0.3, 0.4) is 0 Å². The van der Waals surface area contributed by atoms with Gasteiger partial charge in [0.25, 0.3) is 0 Å². The van der Waals surface area contributed by atoms with E-state index in [4.69, 9.17) is 9.47 Å². The van der Waals surface area contributed by atoms with E-state index in [0.29, 0.717) is 0 Å². The predicted octanol–water partition coefficient (Wildman–Crippen LogP) is 6.11. The molecule has 130 valence electrons. The average molecular weight is 311 g/mol. The summed E-state index contributed by atoms with van der Waals surface area (Å²) in [5.74, 6) is 1.40. The molecule has 0 bridgehead atoms. The van der Waals surface area contributed by atoms with E-state index in [2.05, 4.69) is 40.7 Å². The van der Waals surface area contributed by atoms with Crippen molar-refractivity contribution in [1.82, 2.24) is 0 Å². The number of hydrogen-bond donors (Lipinski definition) is 0. The molecule has 0 saturated carbocycles. The summed E-state index contributed by atoms with van der Waals surface area (Å²) in [7, 11) is 0. The fourth-order valence-corrected chi connectivity index (χ4v) is 3.13. The molecule has 1 atom stereocenters. The first-order valence-corrected chi connectivity index (χ1v) is 9.35. The van der Waals surface area contributed by atoms with E-state index in [1.165, 1.54) is 44.1 Å². The lowest BCUT2D eigenvalue weighted by Gasteiger charge is -2.21. The molecule has 0 aliphatic carbocycles. The van der Waals surface area contributed by atoms with Crippen LogP contribution in [0.25, 0.3) is 0 Å². The molecule has 0 N–H and O–H groups in total. The molecule has 0 aromatic heterocycles. The summed E-state index contributed by atoms with van der Waals surface area (Å²) in [5, 5.41) is 0. The summed E-state index contributed by atoms with van der Waals surface area (Å²) < 4.78 is 11.3. The highest BCUT2D eigenvalue weighted by Crippen LogP contribution is 2.25. The highest BCUT2D eigenvalue weighted by atomic mass is 16.7. The molecule has 0 spiro atoms. The van der Waals surface area contributed by atoms with E-state index in [0.717, 1.165) is 37.9 Å². The molecular formula is C20H38O2. The highest BCUT2D eigenvalue weighted by molar-refractivity contribution is 4.98. The number of rotatable bonds is 11. The minimum Gasteiger partial charge on any atom is -0.348 e. The second kappa shape index (κ2) is 10.4. The molecule has 0 amide bonds. The summed E-state index contributed by atoms with van der Waals surface area (Å²) in [6, 6.07) is 0. The first-order valence-electron chi connectivity index (χ1n) is 9.35. The van der Waals surface area contributed by atoms with Crippen LogP contribution in [-0.4, -0.2) is 19.0 Å². The lowest BCUT2D eigenvalue weighted by atomic mass is 9.94. The van der Waals surface area contributed by atoms with Crippen molar-refractivity contribution in [2.24, 2.45) is 11.8 Å². The normalized spacial score (nSPS) is 19.8. The molecule has 1 aliphatic heterocycles. The van der Waals surface area contributed by atoms with Crippen molar-refractivity contribution in [1.29, 1.82) is 0 Å². The fourth-order valence-electron chi connectivity index (χ4n) is 3.13. The summed E-state index contributed by atoms with van der Waals surface area (Å²) in [6.45, 7) is 12.9. The molecule has 1 fully saturated rings. The lowest BCUT2D eigenvalue weighted by Crippen LogP contribution is -2.24.